The molecule has 4 nitrogen and oxygen atoms in total. The van der Waals surface area contributed by atoms with E-state index in [-0.39, 0.29) is 17.5 Å². The molecule has 92 valence electrons. The fraction of sp³-hybridized carbons (Fsp3) is 0.462. The van der Waals surface area contributed by atoms with Crippen LogP contribution in [0.4, 0.5) is 0 Å². The molecule has 0 amide bonds. The van der Waals surface area contributed by atoms with Gasteiger partial charge in [0.1, 0.15) is 5.78 Å². The first-order valence-electron chi connectivity index (χ1n) is 5.79. The standard InChI is InChI=1S/C13H17NO3/c1-14-5-4-11(15)8-10(14)6-9-2-3-12(16)13(17)7-9/h2-3,7,10,16-17H,4-6,8H2,1H3. The zero-order valence-corrected chi connectivity index (χ0v) is 9.89. The van der Waals surface area contributed by atoms with Gasteiger partial charge in [-0.1, -0.05) is 6.07 Å². The van der Waals surface area contributed by atoms with Crippen molar-refractivity contribution in [1.29, 1.82) is 0 Å². The average molecular weight is 235 g/mol. The summed E-state index contributed by atoms with van der Waals surface area (Å²) in [6.45, 7) is 0.799. The van der Waals surface area contributed by atoms with Crippen LogP contribution in [0.2, 0.25) is 0 Å². The van der Waals surface area contributed by atoms with Gasteiger partial charge in [0.2, 0.25) is 0 Å². The summed E-state index contributed by atoms with van der Waals surface area (Å²) in [5.74, 6) is 0.0882. The van der Waals surface area contributed by atoms with Gasteiger partial charge in [-0.15, -0.1) is 0 Å². The number of phenols is 2. The van der Waals surface area contributed by atoms with Gasteiger partial charge in [-0.2, -0.15) is 0 Å². The Morgan fingerprint density at radius 3 is 2.82 bits per heavy atom. The Hall–Kier alpha value is -1.55. The van der Waals surface area contributed by atoms with Crippen molar-refractivity contribution in [2.24, 2.45) is 0 Å². The molecular formula is C13H17NO3. The molecule has 2 rings (SSSR count). The first-order chi connectivity index (χ1) is 8.06. The van der Waals surface area contributed by atoms with Crippen molar-refractivity contribution in [2.45, 2.75) is 25.3 Å². The maximum atomic E-state index is 11.4. The highest BCUT2D eigenvalue weighted by atomic mass is 16.3. The largest absolute Gasteiger partial charge is 0.504 e. The minimum absolute atomic E-state index is 0.104. The number of phenolic OH excluding ortho intramolecular Hbond substituents is 2. The number of hydrogen-bond donors (Lipinski definition) is 2. The minimum Gasteiger partial charge on any atom is -0.504 e. The van der Waals surface area contributed by atoms with E-state index in [0.29, 0.717) is 18.6 Å². The fourth-order valence-electron chi connectivity index (χ4n) is 2.20. The van der Waals surface area contributed by atoms with E-state index in [4.69, 9.17) is 0 Å². The third-order valence-corrected chi connectivity index (χ3v) is 3.34. The van der Waals surface area contributed by atoms with Crippen LogP contribution in [-0.4, -0.2) is 40.5 Å². The molecule has 1 fully saturated rings. The lowest BCUT2D eigenvalue weighted by atomic mass is 9.95. The Labute approximate surface area is 100 Å². The third-order valence-electron chi connectivity index (χ3n) is 3.34. The van der Waals surface area contributed by atoms with Gasteiger partial charge >= 0.3 is 0 Å². The number of hydrogen-bond acceptors (Lipinski definition) is 4. The number of piperidine rings is 1. The van der Waals surface area contributed by atoms with Crippen LogP contribution in [0.5, 0.6) is 11.5 Å². The van der Waals surface area contributed by atoms with Crippen LogP contribution in [0, 0.1) is 0 Å². The lowest BCUT2D eigenvalue weighted by Gasteiger charge is -2.31. The second-order valence-corrected chi connectivity index (χ2v) is 4.65. The predicted octanol–water partition coefficient (Wildman–Crippen LogP) is 1.30. The van der Waals surface area contributed by atoms with Gasteiger partial charge in [0.25, 0.3) is 0 Å². The molecule has 0 radical (unpaired) electrons. The number of carbonyl (C=O) groups excluding carboxylic acids is 1. The second kappa shape index (κ2) is 4.75. The van der Waals surface area contributed by atoms with E-state index in [1.807, 2.05) is 7.05 Å². The molecule has 2 N–H and O–H groups in total. The van der Waals surface area contributed by atoms with Crippen molar-refractivity contribution in [1.82, 2.24) is 4.90 Å². The molecule has 0 aromatic heterocycles. The summed E-state index contributed by atoms with van der Waals surface area (Å²) in [5.41, 5.74) is 0.937. The van der Waals surface area contributed by atoms with Crippen LogP contribution in [0.3, 0.4) is 0 Å². The van der Waals surface area contributed by atoms with E-state index in [1.165, 1.54) is 6.07 Å². The number of benzene rings is 1. The molecule has 1 atom stereocenters. The SMILES string of the molecule is CN1CCC(=O)CC1Cc1ccc(O)c(O)c1. The van der Waals surface area contributed by atoms with Gasteiger partial charge in [0.05, 0.1) is 0 Å². The van der Waals surface area contributed by atoms with Gasteiger partial charge in [-0.3, -0.25) is 4.79 Å². The van der Waals surface area contributed by atoms with Gasteiger partial charge in [-0.05, 0) is 31.2 Å². The second-order valence-electron chi connectivity index (χ2n) is 4.65. The van der Waals surface area contributed by atoms with Crippen LogP contribution in [0.1, 0.15) is 18.4 Å². The number of aromatic hydroxyl groups is 2. The van der Waals surface area contributed by atoms with Gasteiger partial charge < -0.3 is 15.1 Å². The van der Waals surface area contributed by atoms with Crippen molar-refractivity contribution in [3.05, 3.63) is 23.8 Å². The van der Waals surface area contributed by atoms with Crippen LogP contribution >= 0.6 is 0 Å². The molecule has 0 spiro atoms. The molecular weight excluding hydrogens is 218 g/mol. The number of Topliss-reactive ketones (excluding diaryl/α,β-unsaturated/α-hetero) is 1. The van der Waals surface area contributed by atoms with E-state index in [0.717, 1.165) is 18.5 Å². The van der Waals surface area contributed by atoms with Gasteiger partial charge in [0, 0.05) is 25.4 Å². The van der Waals surface area contributed by atoms with E-state index < -0.39 is 0 Å². The lowest BCUT2D eigenvalue weighted by molar-refractivity contribution is -0.122. The zero-order chi connectivity index (χ0) is 12.4. The van der Waals surface area contributed by atoms with Gasteiger partial charge in [-0.25, -0.2) is 0 Å². The lowest BCUT2D eigenvalue weighted by Crippen LogP contribution is -2.41. The van der Waals surface area contributed by atoms with Crippen molar-refractivity contribution < 1.29 is 15.0 Å². The molecule has 1 aliphatic rings. The number of likely N-dealkylation sites (N-methyl/N-ethyl adjacent to an activating group) is 1. The van der Waals surface area contributed by atoms with Crippen LogP contribution in [-0.2, 0) is 11.2 Å². The number of rotatable bonds is 2. The monoisotopic (exact) mass is 235 g/mol. The minimum atomic E-state index is -0.109. The Balaban J connectivity index is 2.08. The molecule has 0 bridgehead atoms. The molecule has 1 aromatic carbocycles. The summed E-state index contributed by atoms with van der Waals surface area (Å²) in [6.07, 6.45) is 1.92. The molecule has 1 heterocycles. The molecule has 1 aliphatic heterocycles. The Morgan fingerprint density at radius 1 is 1.35 bits per heavy atom. The van der Waals surface area contributed by atoms with Crippen molar-refractivity contribution in [2.75, 3.05) is 13.6 Å². The molecule has 1 aromatic rings. The summed E-state index contributed by atoms with van der Waals surface area (Å²) in [7, 11) is 2.01. The number of carbonyl (C=O) groups is 1. The normalized spacial score (nSPS) is 21.7. The zero-order valence-electron chi connectivity index (χ0n) is 9.89. The summed E-state index contributed by atoms with van der Waals surface area (Å²) < 4.78 is 0. The average Bonchev–Trinajstić information content (AvgIpc) is 2.29. The molecule has 1 unspecified atom stereocenters. The number of likely N-dealkylation sites (tertiary alicyclic amines) is 1. The maximum Gasteiger partial charge on any atom is 0.157 e. The van der Waals surface area contributed by atoms with Crippen LogP contribution in [0.15, 0.2) is 18.2 Å². The predicted molar refractivity (Wildman–Crippen MR) is 64.1 cm³/mol. The van der Waals surface area contributed by atoms with Crippen molar-refractivity contribution in [3.8, 4) is 11.5 Å². The number of nitrogens with zero attached hydrogens (tertiary/aromatic N) is 1. The van der Waals surface area contributed by atoms with E-state index in [9.17, 15) is 15.0 Å². The molecule has 4 heteroatoms. The highest BCUT2D eigenvalue weighted by molar-refractivity contribution is 5.80. The summed E-state index contributed by atoms with van der Waals surface area (Å²) >= 11 is 0. The van der Waals surface area contributed by atoms with Crippen molar-refractivity contribution >= 4 is 5.78 Å². The summed E-state index contributed by atoms with van der Waals surface area (Å²) in [4.78, 5) is 13.6. The van der Waals surface area contributed by atoms with E-state index >= 15 is 0 Å². The Morgan fingerprint density at radius 2 is 2.12 bits per heavy atom. The molecule has 1 saturated heterocycles. The fourth-order valence-corrected chi connectivity index (χ4v) is 2.20. The molecule has 0 aliphatic carbocycles. The van der Waals surface area contributed by atoms with Crippen molar-refractivity contribution in [3.63, 3.8) is 0 Å². The van der Waals surface area contributed by atoms with Crippen LogP contribution in [0.25, 0.3) is 0 Å². The molecule has 0 saturated carbocycles. The van der Waals surface area contributed by atoms with Gasteiger partial charge in [0.15, 0.2) is 11.5 Å². The molecule has 17 heavy (non-hydrogen) atoms. The topological polar surface area (TPSA) is 60.8 Å². The summed E-state index contributed by atoms with van der Waals surface area (Å²) in [6, 6.07) is 5.01. The first kappa shape index (κ1) is 11.9. The highest BCUT2D eigenvalue weighted by Crippen LogP contribution is 2.26. The summed E-state index contributed by atoms with van der Waals surface area (Å²) in [5, 5.41) is 18.6. The van der Waals surface area contributed by atoms with Crippen LogP contribution < -0.4 is 0 Å². The quantitative estimate of drug-likeness (QED) is 0.759. The Kier molecular flexibility index (Phi) is 3.33. The highest BCUT2D eigenvalue weighted by Gasteiger charge is 2.24. The first-order valence-corrected chi connectivity index (χ1v) is 5.79. The number of ketones is 1. The van der Waals surface area contributed by atoms with E-state index in [1.54, 1.807) is 12.1 Å². The maximum absolute atomic E-state index is 11.4. The Bertz CT molecular complexity index is 431. The van der Waals surface area contributed by atoms with E-state index in [2.05, 4.69) is 4.90 Å². The smallest absolute Gasteiger partial charge is 0.157 e. The third kappa shape index (κ3) is 2.77.